The van der Waals surface area contributed by atoms with Crippen molar-refractivity contribution in [3.8, 4) is 11.3 Å². The van der Waals surface area contributed by atoms with E-state index >= 15 is 0 Å². The molecule has 0 radical (unpaired) electrons. The monoisotopic (exact) mass is 350 g/mol. The Labute approximate surface area is 142 Å². The predicted octanol–water partition coefficient (Wildman–Crippen LogP) is 5.38. The van der Waals surface area contributed by atoms with Crippen LogP contribution >= 0.6 is 23.2 Å². The fourth-order valence-electron chi connectivity index (χ4n) is 2.72. The summed E-state index contributed by atoms with van der Waals surface area (Å²) in [5.74, 6) is -0.322. The lowest BCUT2D eigenvalue weighted by Crippen LogP contribution is -2.07. The highest BCUT2D eigenvalue weighted by molar-refractivity contribution is 6.37. The lowest BCUT2D eigenvalue weighted by molar-refractivity contribution is 0.112. The van der Waals surface area contributed by atoms with Crippen molar-refractivity contribution in [3.05, 3.63) is 57.5 Å². The number of hydrogen-bond acceptors (Lipinski definition) is 2. The van der Waals surface area contributed by atoms with Crippen LogP contribution in [0.2, 0.25) is 10.2 Å². The van der Waals surface area contributed by atoms with Gasteiger partial charge in [-0.3, -0.25) is 4.79 Å². The highest BCUT2D eigenvalue weighted by Crippen LogP contribution is 2.36. The average Bonchev–Trinajstić information content (AvgIpc) is 2.80. The maximum absolute atomic E-state index is 13.2. The number of carbonyl (C=O) groups excluding carboxylic acids is 1. The van der Waals surface area contributed by atoms with Crippen molar-refractivity contribution in [1.29, 1.82) is 0 Å². The minimum atomic E-state index is -0.353. The first-order chi connectivity index (χ1) is 10.9. The van der Waals surface area contributed by atoms with E-state index in [4.69, 9.17) is 23.2 Å². The molecule has 0 aliphatic carbocycles. The molecular weight excluding hydrogens is 338 g/mol. The summed E-state index contributed by atoms with van der Waals surface area (Å²) < 4.78 is 14.7. The Morgan fingerprint density at radius 1 is 1.22 bits per heavy atom. The Morgan fingerprint density at radius 2 is 1.87 bits per heavy atom. The van der Waals surface area contributed by atoms with Gasteiger partial charge in [-0.25, -0.2) is 8.91 Å². The van der Waals surface area contributed by atoms with Gasteiger partial charge in [0.15, 0.2) is 6.29 Å². The van der Waals surface area contributed by atoms with Crippen LogP contribution in [0.5, 0.6) is 0 Å². The minimum Gasteiger partial charge on any atom is -0.298 e. The zero-order valence-corrected chi connectivity index (χ0v) is 14.0. The first-order valence-electron chi connectivity index (χ1n) is 7.05. The van der Waals surface area contributed by atoms with Gasteiger partial charge in [-0.1, -0.05) is 37.0 Å². The molecule has 2 heterocycles. The quantitative estimate of drug-likeness (QED) is 0.594. The highest BCUT2D eigenvalue weighted by atomic mass is 35.5. The number of rotatable bonds is 3. The highest BCUT2D eigenvalue weighted by Gasteiger charge is 2.22. The Kier molecular flexibility index (Phi) is 4.13. The molecule has 0 unspecified atom stereocenters. The number of aldehydes is 1. The molecule has 1 aromatic carbocycles. The van der Waals surface area contributed by atoms with Crippen molar-refractivity contribution in [3.63, 3.8) is 0 Å². The Hall–Kier alpha value is -1.91. The van der Waals surface area contributed by atoms with Gasteiger partial charge in [0.2, 0.25) is 0 Å². The van der Waals surface area contributed by atoms with Crippen molar-refractivity contribution in [1.82, 2.24) is 9.61 Å². The van der Waals surface area contributed by atoms with Crippen LogP contribution in [-0.2, 0) is 0 Å². The summed E-state index contributed by atoms with van der Waals surface area (Å²) in [5.41, 5.74) is 2.92. The van der Waals surface area contributed by atoms with Gasteiger partial charge < -0.3 is 0 Å². The van der Waals surface area contributed by atoms with Gasteiger partial charge in [-0.2, -0.15) is 5.10 Å². The number of carbonyl (C=O) groups is 1. The van der Waals surface area contributed by atoms with E-state index in [1.165, 1.54) is 16.6 Å². The van der Waals surface area contributed by atoms with E-state index < -0.39 is 0 Å². The van der Waals surface area contributed by atoms with Crippen LogP contribution in [0.3, 0.4) is 0 Å². The van der Waals surface area contributed by atoms with Crippen LogP contribution in [0.25, 0.3) is 16.8 Å². The third-order valence-electron chi connectivity index (χ3n) is 3.70. The maximum atomic E-state index is 13.2. The molecule has 23 heavy (non-hydrogen) atoms. The van der Waals surface area contributed by atoms with Gasteiger partial charge in [0.05, 0.1) is 10.5 Å². The van der Waals surface area contributed by atoms with Crippen LogP contribution in [0.4, 0.5) is 4.39 Å². The van der Waals surface area contributed by atoms with E-state index in [1.807, 2.05) is 13.8 Å². The lowest BCUT2D eigenvalue weighted by atomic mass is 9.94. The minimum absolute atomic E-state index is 0.0309. The van der Waals surface area contributed by atoms with Crippen molar-refractivity contribution >= 4 is 35.0 Å². The largest absolute Gasteiger partial charge is 0.298 e. The lowest BCUT2D eigenvalue weighted by Gasteiger charge is -2.16. The van der Waals surface area contributed by atoms with Crippen molar-refractivity contribution in [2.24, 2.45) is 0 Å². The summed E-state index contributed by atoms with van der Waals surface area (Å²) in [7, 11) is 0. The molecule has 0 aliphatic rings. The van der Waals surface area contributed by atoms with Gasteiger partial charge in [-0.05, 0) is 41.8 Å². The molecule has 3 aromatic rings. The maximum Gasteiger partial charge on any atom is 0.152 e. The summed E-state index contributed by atoms with van der Waals surface area (Å²) in [4.78, 5) is 11.8. The first-order valence-corrected chi connectivity index (χ1v) is 7.81. The van der Waals surface area contributed by atoms with Crippen LogP contribution in [-0.4, -0.2) is 15.9 Å². The molecule has 0 saturated carbocycles. The molecule has 0 fully saturated rings. The predicted molar refractivity (Wildman–Crippen MR) is 90.1 cm³/mol. The van der Waals surface area contributed by atoms with Gasteiger partial charge in [-0.15, -0.1) is 0 Å². The normalized spacial score (nSPS) is 11.4. The topological polar surface area (TPSA) is 34.4 Å². The second-order valence-corrected chi connectivity index (χ2v) is 6.33. The first kappa shape index (κ1) is 16.0. The second-order valence-electron chi connectivity index (χ2n) is 5.53. The molecule has 3 rings (SSSR count). The second kappa shape index (κ2) is 5.95. The molecule has 0 amide bonds. The van der Waals surface area contributed by atoms with Crippen molar-refractivity contribution in [2.45, 2.75) is 19.8 Å². The van der Waals surface area contributed by atoms with E-state index in [0.29, 0.717) is 32.5 Å². The number of fused-ring (bicyclic) bond motifs is 1. The van der Waals surface area contributed by atoms with Crippen molar-refractivity contribution < 1.29 is 9.18 Å². The molecule has 0 bridgehead atoms. The standard InChI is InChI=1S/C17H13Cl2FN2O/c1-9(2)15-12(8-23)16(10-3-5-11(20)6-4-10)21-22-14(19)7-13(18)17(15)22/h3-9H,1-2H3. The fraction of sp³-hybridized carbons (Fsp3) is 0.176. The third kappa shape index (κ3) is 2.62. The van der Waals surface area contributed by atoms with E-state index in [0.717, 1.165) is 11.8 Å². The van der Waals surface area contributed by atoms with Crippen LogP contribution in [0, 0.1) is 5.82 Å². The van der Waals surface area contributed by atoms with Crippen LogP contribution < -0.4 is 0 Å². The molecule has 0 spiro atoms. The zero-order valence-electron chi connectivity index (χ0n) is 12.5. The molecule has 2 aromatic heterocycles. The van der Waals surface area contributed by atoms with Gasteiger partial charge >= 0.3 is 0 Å². The van der Waals surface area contributed by atoms with Crippen LogP contribution in [0.15, 0.2) is 30.3 Å². The SMILES string of the molecule is CC(C)c1c(C=O)c(-c2ccc(F)cc2)nn2c(Cl)cc(Cl)c12. The molecule has 0 saturated heterocycles. The van der Waals surface area contributed by atoms with E-state index in [2.05, 4.69) is 5.10 Å². The Balaban J connectivity index is 2.44. The molecule has 6 heteroatoms. The zero-order chi connectivity index (χ0) is 16.7. The summed E-state index contributed by atoms with van der Waals surface area (Å²) >= 11 is 12.5. The van der Waals surface area contributed by atoms with Gasteiger partial charge in [0.25, 0.3) is 0 Å². The smallest absolute Gasteiger partial charge is 0.152 e. The van der Waals surface area contributed by atoms with Crippen molar-refractivity contribution in [2.75, 3.05) is 0 Å². The van der Waals surface area contributed by atoms with E-state index in [9.17, 15) is 9.18 Å². The summed E-state index contributed by atoms with van der Waals surface area (Å²) in [6, 6.07) is 7.42. The Bertz CT molecular complexity index is 901. The third-order valence-corrected chi connectivity index (χ3v) is 4.26. The number of nitrogens with zero attached hydrogens (tertiary/aromatic N) is 2. The number of halogens is 3. The Morgan fingerprint density at radius 3 is 2.43 bits per heavy atom. The van der Waals surface area contributed by atoms with E-state index in [-0.39, 0.29) is 11.7 Å². The average molecular weight is 351 g/mol. The molecule has 0 N–H and O–H groups in total. The number of hydrogen-bond donors (Lipinski definition) is 0. The fourth-order valence-corrected chi connectivity index (χ4v) is 3.29. The number of benzene rings is 1. The summed E-state index contributed by atoms with van der Waals surface area (Å²) in [6.07, 6.45) is 0.762. The summed E-state index contributed by atoms with van der Waals surface area (Å²) in [6.45, 7) is 3.93. The summed E-state index contributed by atoms with van der Waals surface area (Å²) in [5, 5.41) is 5.25. The molecule has 118 valence electrons. The molecule has 3 nitrogen and oxygen atoms in total. The van der Waals surface area contributed by atoms with Gasteiger partial charge in [0, 0.05) is 11.1 Å². The van der Waals surface area contributed by atoms with Crippen LogP contribution in [0.1, 0.15) is 35.7 Å². The molecule has 0 atom stereocenters. The van der Waals surface area contributed by atoms with E-state index in [1.54, 1.807) is 18.2 Å². The van der Waals surface area contributed by atoms with Gasteiger partial charge in [0.1, 0.15) is 16.7 Å². The number of aromatic nitrogens is 2. The molecular formula is C17H13Cl2FN2O. The molecule has 0 aliphatic heterocycles.